The highest BCUT2D eigenvalue weighted by atomic mass is 16.2. The maximum Gasteiger partial charge on any atom is 0.248 e. The first-order chi connectivity index (χ1) is 10.1. The number of hydrogen-bond donors (Lipinski definition) is 1. The minimum atomic E-state index is -0.634. The zero-order valence-electron chi connectivity index (χ0n) is 12.9. The van der Waals surface area contributed by atoms with Crippen LogP contribution in [-0.2, 0) is 9.59 Å². The quantitative estimate of drug-likeness (QED) is 0.863. The van der Waals surface area contributed by atoms with Crippen LogP contribution >= 0.6 is 0 Å². The summed E-state index contributed by atoms with van der Waals surface area (Å²) in [4.78, 5) is 27.0. The number of hydrogen-bond acceptors (Lipinski definition) is 2. The Bertz CT molecular complexity index is 473. The number of rotatable bonds is 3. The first-order valence-electron chi connectivity index (χ1n) is 8.66. The van der Waals surface area contributed by atoms with Gasteiger partial charge in [0.25, 0.3) is 0 Å². The monoisotopic (exact) mass is 290 g/mol. The van der Waals surface area contributed by atoms with Gasteiger partial charge in [-0.25, -0.2) is 0 Å². The Hall–Kier alpha value is -1.06. The molecule has 4 rings (SSSR count). The molecule has 2 amide bonds. The Morgan fingerprint density at radius 2 is 2.00 bits per heavy atom. The van der Waals surface area contributed by atoms with Gasteiger partial charge < -0.3 is 10.2 Å². The van der Waals surface area contributed by atoms with Crippen LogP contribution in [0, 0.1) is 23.7 Å². The molecule has 2 bridgehead atoms. The lowest BCUT2D eigenvalue weighted by Crippen LogP contribution is -2.57. The Balaban J connectivity index is 1.50. The van der Waals surface area contributed by atoms with E-state index in [0.717, 1.165) is 31.2 Å². The zero-order valence-corrected chi connectivity index (χ0v) is 12.9. The van der Waals surface area contributed by atoms with Crippen LogP contribution in [0.3, 0.4) is 0 Å². The third kappa shape index (κ3) is 2.27. The summed E-state index contributed by atoms with van der Waals surface area (Å²) in [6, 6.07) is 0. The maximum absolute atomic E-state index is 13.0. The molecule has 4 heteroatoms. The fourth-order valence-corrected chi connectivity index (χ4v) is 5.07. The van der Waals surface area contributed by atoms with E-state index in [0.29, 0.717) is 24.8 Å². The molecule has 0 aromatic rings. The van der Waals surface area contributed by atoms with E-state index >= 15 is 0 Å². The second kappa shape index (κ2) is 4.72. The van der Waals surface area contributed by atoms with E-state index in [2.05, 4.69) is 5.32 Å². The molecule has 4 nitrogen and oxygen atoms in total. The summed E-state index contributed by atoms with van der Waals surface area (Å²) >= 11 is 0. The number of carbonyl (C=O) groups excluding carboxylic acids is 2. The summed E-state index contributed by atoms with van der Waals surface area (Å²) in [7, 11) is 0. The van der Waals surface area contributed by atoms with Crippen LogP contribution < -0.4 is 5.32 Å². The zero-order chi connectivity index (χ0) is 14.6. The number of fused-ring (bicyclic) bond motifs is 2. The van der Waals surface area contributed by atoms with Crippen LogP contribution in [0.25, 0.3) is 0 Å². The van der Waals surface area contributed by atoms with Gasteiger partial charge in [0.15, 0.2) is 0 Å². The predicted octanol–water partition coefficient (Wildman–Crippen LogP) is 1.94. The van der Waals surface area contributed by atoms with Gasteiger partial charge in [-0.1, -0.05) is 6.42 Å². The lowest BCUT2D eigenvalue weighted by molar-refractivity contribution is -0.139. The molecule has 0 aromatic heterocycles. The van der Waals surface area contributed by atoms with E-state index in [1.54, 1.807) is 0 Å². The van der Waals surface area contributed by atoms with Gasteiger partial charge in [0, 0.05) is 19.5 Å². The Labute approximate surface area is 126 Å². The van der Waals surface area contributed by atoms with Crippen molar-refractivity contribution in [3.05, 3.63) is 0 Å². The minimum Gasteiger partial charge on any atom is -0.342 e. The second-order valence-corrected chi connectivity index (χ2v) is 7.96. The average Bonchev–Trinajstić information content (AvgIpc) is 3.15. The smallest absolute Gasteiger partial charge is 0.248 e. The van der Waals surface area contributed by atoms with Crippen molar-refractivity contribution in [2.75, 3.05) is 13.1 Å². The van der Waals surface area contributed by atoms with Crippen LogP contribution in [-0.4, -0.2) is 35.3 Å². The SMILES string of the molecule is CC1(C2CC2)NC(=O)CCN(CC2CC3CCC2C3)C1=O. The molecule has 4 fully saturated rings. The van der Waals surface area contributed by atoms with Crippen LogP contribution in [0.5, 0.6) is 0 Å². The molecule has 1 saturated heterocycles. The Morgan fingerprint density at radius 1 is 1.19 bits per heavy atom. The summed E-state index contributed by atoms with van der Waals surface area (Å²) in [6.07, 6.45) is 8.05. The van der Waals surface area contributed by atoms with Crippen molar-refractivity contribution in [1.29, 1.82) is 0 Å². The van der Waals surface area contributed by atoms with Gasteiger partial charge in [-0.05, 0) is 62.7 Å². The number of amides is 2. The fraction of sp³-hybridized carbons (Fsp3) is 0.882. The molecular formula is C17H26N2O2. The molecular weight excluding hydrogens is 264 g/mol. The Morgan fingerprint density at radius 3 is 2.62 bits per heavy atom. The molecule has 3 saturated carbocycles. The molecule has 116 valence electrons. The van der Waals surface area contributed by atoms with Crippen LogP contribution in [0.1, 0.15) is 51.9 Å². The van der Waals surface area contributed by atoms with Gasteiger partial charge in [-0.15, -0.1) is 0 Å². The van der Waals surface area contributed by atoms with E-state index in [-0.39, 0.29) is 11.8 Å². The van der Waals surface area contributed by atoms with Gasteiger partial charge in [-0.3, -0.25) is 9.59 Å². The van der Waals surface area contributed by atoms with Crippen LogP contribution in [0.2, 0.25) is 0 Å². The normalized spacial score (nSPS) is 43.1. The summed E-state index contributed by atoms with van der Waals surface area (Å²) < 4.78 is 0. The molecule has 4 aliphatic rings. The van der Waals surface area contributed by atoms with Gasteiger partial charge in [0.05, 0.1) is 0 Å². The summed E-state index contributed by atoms with van der Waals surface area (Å²) in [5.74, 6) is 3.02. The highest BCUT2D eigenvalue weighted by Crippen LogP contribution is 2.49. The van der Waals surface area contributed by atoms with E-state index in [1.165, 1.54) is 25.7 Å². The molecule has 1 heterocycles. The van der Waals surface area contributed by atoms with Crippen LogP contribution in [0.15, 0.2) is 0 Å². The molecule has 4 atom stereocenters. The lowest BCUT2D eigenvalue weighted by Gasteiger charge is -2.35. The van der Waals surface area contributed by atoms with Crippen molar-refractivity contribution in [2.45, 2.75) is 57.4 Å². The van der Waals surface area contributed by atoms with E-state index < -0.39 is 5.54 Å². The highest BCUT2D eigenvalue weighted by Gasteiger charge is 2.52. The lowest BCUT2D eigenvalue weighted by atomic mass is 9.87. The third-order valence-electron chi connectivity index (χ3n) is 6.47. The van der Waals surface area contributed by atoms with E-state index in [9.17, 15) is 9.59 Å². The molecule has 1 aliphatic heterocycles. The van der Waals surface area contributed by atoms with Gasteiger partial charge >= 0.3 is 0 Å². The maximum atomic E-state index is 13.0. The van der Waals surface area contributed by atoms with E-state index in [1.807, 2.05) is 11.8 Å². The standard InChI is InChI=1S/C17H26N2O2/c1-17(14-4-5-14)16(21)19(7-6-15(20)18-17)10-13-9-11-2-3-12(13)8-11/h11-14H,2-10H2,1H3,(H,18,20). The van der Waals surface area contributed by atoms with Gasteiger partial charge in [0.1, 0.15) is 5.54 Å². The topological polar surface area (TPSA) is 49.4 Å². The summed E-state index contributed by atoms with van der Waals surface area (Å²) in [5, 5.41) is 3.03. The van der Waals surface area contributed by atoms with Crippen molar-refractivity contribution in [2.24, 2.45) is 23.7 Å². The predicted molar refractivity (Wildman–Crippen MR) is 79.4 cm³/mol. The van der Waals surface area contributed by atoms with Crippen molar-refractivity contribution in [1.82, 2.24) is 10.2 Å². The second-order valence-electron chi connectivity index (χ2n) is 7.96. The molecule has 1 N–H and O–H groups in total. The summed E-state index contributed by atoms with van der Waals surface area (Å²) in [5.41, 5.74) is -0.634. The Kier molecular flexibility index (Phi) is 3.05. The van der Waals surface area contributed by atoms with Crippen molar-refractivity contribution >= 4 is 11.8 Å². The molecule has 4 unspecified atom stereocenters. The number of nitrogens with zero attached hydrogens (tertiary/aromatic N) is 1. The van der Waals surface area contributed by atoms with Crippen molar-refractivity contribution in [3.8, 4) is 0 Å². The molecule has 0 aromatic carbocycles. The largest absolute Gasteiger partial charge is 0.342 e. The third-order valence-corrected chi connectivity index (χ3v) is 6.47. The number of carbonyl (C=O) groups is 2. The summed E-state index contributed by atoms with van der Waals surface area (Å²) in [6.45, 7) is 3.45. The van der Waals surface area contributed by atoms with Gasteiger partial charge in [0.2, 0.25) is 11.8 Å². The molecule has 0 spiro atoms. The fourth-order valence-electron chi connectivity index (χ4n) is 5.07. The number of nitrogens with one attached hydrogen (secondary N) is 1. The van der Waals surface area contributed by atoms with Crippen molar-refractivity contribution < 1.29 is 9.59 Å². The minimum absolute atomic E-state index is 0.0493. The molecule has 0 radical (unpaired) electrons. The van der Waals surface area contributed by atoms with Crippen LogP contribution in [0.4, 0.5) is 0 Å². The van der Waals surface area contributed by atoms with Gasteiger partial charge in [-0.2, -0.15) is 0 Å². The first-order valence-corrected chi connectivity index (χ1v) is 8.66. The van der Waals surface area contributed by atoms with Crippen molar-refractivity contribution in [3.63, 3.8) is 0 Å². The molecule has 3 aliphatic carbocycles. The van der Waals surface area contributed by atoms with E-state index in [4.69, 9.17) is 0 Å². The highest BCUT2D eigenvalue weighted by molar-refractivity contribution is 5.93. The average molecular weight is 290 g/mol. The first kappa shape index (κ1) is 13.6. The molecule has 21 heavy (non-hydrogen) atoms.